The van der Waals surface area contributed by atoms with Crippen LogP contribution < -0.4 is 10.1 Å². The molecule has 2 aromatic carbocycles. The predicted octanol–water partition coefficient (Wildman–Crippen LogP) is 2.76. The summed E-state index contributed by atoms with van der Waals surface area (Å²) in [5.41, 5.74) is 1.08. The van der Waals surface area contributed by atoms with Gasteiger partial charge in [-0.05, 0) is 42.5 Å². The Balaban J connectivity index is 1.35. The highest BCUT2D eigenvalue weighted by atomic mass is 32.2. The van der Waals surface area contributed by atoms with Crippen molar-refractivity contribution in [2.24, 2.45) is 11.8 Å². The summed E-state index contributed by atoms with van der Waals surface area (Å²) in [5, 5.41) is 14.2. The van der Waals surface area contributed by atoms with Crippen molar-refractivity contribution in [3.8, 4) is 5.75 Å². The van der Waals surface area contributed by atoms with E-state index in [4.69, 9.17) is 18.9 Å². The van der Waals surface area contributed by atoms with Gasteiger partial charge < -0.3 is 29.4 Å². The number of benzene rings is 2. The zero-order chi connectivity index (χ0) is 29.9. The van der Waals surface area contributed by atoms with Gasteiger partial charge in [-0.15, -0.1) is 0 Å². The van der Waals surface area contributed by atoms with Gasteiger partial charge in [0, 0.05) is 19.5 Å². The van der Waals surface area contributed by atoms with Crippen molar-refractivity contribution in [1.29, 1.82) is 0 Å². The molecule has 5 atom stereocenters. The Morgan fingerprint density at radius 1 is 1.12 bits per heavy atom. The number of alkyl carbamates (subject to hydrolysis) is 1. The number of ketones is 1. The summed E-state index contributed by atoms with van der Waals surface area (Å²) in [6.07, 6.45) is -1.71. The van der Waals surface area contributed by atoms with Crippen LogP contribution in [-0.4, -0.2) is 87.2 Å². The third kappa shape index (κ3) is 6.95. The molecule has 2 unspecified atom stereocenters. The number of aliphatic hydroxyl groups is 1. The van der Waals surface area contributed by atoms with Crippen LogP contribution in [0.15, 0.2) is 53.4 Å². The first-order valence-electron chi connectivity index (χ1n) is 14.3. The number of carbonyl (C=O) groups is 2. The second-order valence-electron chi connectivity index (χ2n) is 11.4. The van der Waals surface area contributed by atoms with Crippen molar-refractivity contribution in [2.75, 3.05) is 32.9 Å². The summed E-state index contributed by atoms with van der Waals surface area (Å²) >= 11 is 0. The molecule has 42 heavy (non-hydrogen) atoms. The number of hydrogen-bond donors (Lipinski definition) is 2. The quantitative estimate of drug-likeness (QED) is 0.397. The topological polar surface area (TPSA) is 141 Å². The fourth-order valence-corrected chi connectivity index (χ4v) is 7.23. The summed E-state index contributed by atoms with van der Waals surface area (Å²) < 4.78 is 51.2. The van der Waals surface area contributed by atoms with E-state index in [1.807, 2.05) is 44.2 Å². The maximum atomic E-state index is 13.9. The highest BCUT2D eigenvalue weighted by molar-refractivity contribution is 7.89. The lowest BCUT2D eigenvalue weighted by Crippen LogP contribution is -2.51. The van der Waals surface area contributed by atoms with E-state index in [9.17, 15) is 23.1 Å². The van der Waals surface area contributed by atoms with Gasteiger partial charge in [0.25, 0.3) is 0 Å². The van der Waals surface area contributed by atoms with E-state index in [1.165, 1.54) is 22.5 Å². The molecular formula is C30H38N2O9S. The van der Waals surface area contributed by atoms with Crippen LogP contribution in [0.5, 0.6) is 5.75 Å². The highest BCUT2D eigenvalue weighted by Crippen LogP contribution is 2.33. The number of aliphatic hydroxyl groups excluding tert-OH is 1. The fourth-order valence-electron chi connectivity index (χ4n) is 5.59. The van der Waals surface area contributed by atoms with Crippen molar-refractivity contribution >= 4 is 21.9 Å². The van der Waals surface area contributed by atoms with Crippen LogP contribution in [0.1, 0.15) is 42.6 Å². The molecule has 228 valence electrons. The molecule has 11 nitrogen and oxygen atoms in total. The van der Waals surface area contributed by atoms with Gasteiger partial charge >= 0.3 is 6.09 Å². The molecule has 3 aliphatic heterocycles. The summed E-state index contributed by atoms with van der Waals surface area (Å²) in [4.78, 5) is 25.4. The fraction of sp³-hybridized carbons (Fsp3) is 0.533. The first-order valence-corrected chi connectivity index (χ1v) is 15.8. The average molecular weight is 603 g/mol. The van der Waals surface area contributed by atoms with Crippen LogP contribution in [0, 0.1) is 11.8 Å². The number of nitrogens with one attached hydrogen (secondary N) is 1. The van der Waals surface area contributed by atoms with Crippen molar-refractivity contribution in [3.63, 3.8) is 0 Å². The minimum Gasteiger partial charge on any atom is -0.492 e. The van der Waals surface area contributed by atoms with Gasteiger partial charge in [0.15, 0.2) is 12.1 Å². The lowest BCUT2D eigenvalue weighted by molar-refractivity contribution is -0.0907. The molecule has 2 N–H and O–H groups in total. The van der Waals surface area contributed by atoms with Gasteiger partial charge in [-0.25, -0.2) is 13.2 Å². The molecule has 0 aliphatic carbocycles. The standard InChI is InChI=1S/C30H38N2O9S/c1-19(2)16-32(42(36,37)21-8-9-27-23(15-21)25(33)11-13-38-27)17-26(34)24(14-20-6-4-3-5-7-20)31-30(35)41-28-18-40-29-22(28)10-12-39-29/h3-9,15,19,22,24,26,28-29,34H,10-14,16-18H2,1-2H3,(H,31,35)/t22?,24-,26+,28?,29+/m0/s1. The minimum absolute atomic E-state index is 0.0474. The maximum Gasteiger partial charge on any atom is 0.407 e. The third-order valence-corrected chi connectivity index (χ3v) is 9.57. The number of amides is 1. The molecule has 0 saturated carbocycles. The maximum absolute atomic E-state index is 13.9. The number of Topliss-reactive ketones (excluding diaryl/α,β-unsaturated/α-hetero) is 1. The Morgan fingerprint density at radius 3 is 2.67 bits per heavy atom. The normalized spacial score (nSPS) is 23.3. The number of rotatable bonds is 11. The summed E-state index contributed by atoms with van der Waals surface area (Å²) in [5.74, 6) is 0.0600. The molecule has 2 aromatic rings. The second kappa shape index (κ2) is 13.1. The monoisotopic (exact) mass is 602 g/mol. The van der Waals surface area contributed by atoms with Gasteiger partial charge in [0.1, 0.15) is 11.9 Å². The van der Waals surface area contributed by atoms with E-state index in [2.05, 4.69) is 5.32 Å². The van der Waals surface area contributed by atoms with Crippen LogP contribution in [-0.2, 0) is 30.7 Å². The average Bonchev–Trinajstić information content (AvgIpc) is 3.58. The Kier molecular flexibility index (Phi) is 9.48. The lowest BCUT2D eigenvalue weighted by atomic mass is 10.0. The molecule has 5 rings (SSSR count). The summed E-state index contributed by atoms with van der Waals surface area (Å²) in [6.45, 7) is 4.60. The molecule has 2 fully saturated rings. The van der Waals surface area contributed by atoms with Crippen LogP contribution in [0.2, 0.25) is 0 Å². The number of hydrogen-bond acceptors (Lipinski definition) is 9. The molecule has 3 aliphatic rings. The van der Waals surface area contributed by atoms with E-state index in [0.717, 1.165) is 12.0 Å². The van der Waals surface area contributed by atoms with Crippen LogP contribution in [0.25, 0.3) is 0 Å². The van der Waals surface area contributed by atoms with Crippen LogP contribution >= 0.6 is 0 Å². The molecule has 2 saturated heterocycles. The smallest absolute Gasteiger partial charge is 0.407 e. The van der Waals surface area contributed by atoms with Gasteiger partial charge in [0.05, 0.1) is 48.3 Å². The Morgan fingerprint density at radius 2 is 1.90 bits per heavy atom. The molecule has 1 amide bonds. The second-order valence-corrected chi connectivity index (χ2v) is 13.3. The molecule has 12 heteroatoms. The Bertz CT molecular complexity index is 1370. The van der Waals surface area contributed by atoms with Gasteiger partial charge in [0.2, 0.25) is 10.0 Å². The zero-order valence-corrected chi connectivity index (χ0v) is 24.6. The first kappa shape index (κ1) is 30.4. The van der Waals surface area contributed by atoms with E-state index in [1.54, 1.807) is 0 Å². The molecule has 0 spiro atoms. The minimum atomic E-state index is -4.12. The number of sulfonamides is 1. The van der Waals surface area contributed by atoms with Gasteiger partial charge in [-0.1, -0.05) is 44.2 Å². The molecule has 0 aromatic heterocycles. The Hall–Kier alpha value is -3.03. The van der Waals surface area contributed by atoms with Crippen LogP contribution in [0.4, 0.5) is 4.79 Å². The molecule has 3 heterocycles. The van der Waals surface area contributed by atoms with E-state index in [0.29, 0.717) is 12.4 Å². The number of fused-ring (bicyclic) bond motifs is 2. The Labute approximate surface area is 246 Å². The van der Waals surface area contributed by atoms with E-state index < -0.39 is 34.4 Å². The SMILES string of the molecule is CC(C)CN(C[C@@H](O)[C@H](Cc1ccccc1)NC(=O)OC1CO[C@H]2OCCC12)S(=O)(=O)c1ccc2c(c1)C(=O)CCO2. The van der Waals surface area contributed by atoms with Crippen molar-refractivity contribution in [3.05, 3.63) is 59.7 Å². The lowest BCUT2D eigenvalue weighted by Gasteiger charge is -2.31. The van der Waals surface area contributed by atoms with Gasteiger partial charge in [-0.3, -0.25) is 4.79 Å². The first-order chi connectivity index (χ1) is 20.1. The summed E-state index contributed by atoms with van der Waals surface area (Å²) in [7, 11) is -4.12. The summed E-state index contributed by atoms with van der Waals surface area (Å²) in [6, 6.07) is 12.7. The van der Waals surface area contributed by atoms with Crippen molar-refractivity contribution in [1.82, 2.24) is 9.62 Å². The highest BCUT2D eigenvalue weighted by Gasteiger charge is 2.44. The number of nitrogens with zero attached hydrogens (tertiary/aromatic N) is 1. The van der Waals surface area contributed by atoms with E-state index in [-0.39, 0.29) is 73.5 Å². The molecular weight excluding hydrogens is 564 g/mol. The van der Waals surface area contributed by atoms with E-state index >= 15 is 0 Å². The van der Waals surface area contributed by atoms with Crippen molar-refractivity contribution < 1.29 is 42.1 Å². The number of ether oxygens (including phenoxy) is 4. The number of carbonyl (C=O) groups excluding carboxylic acids is 2. The van der Waals surface area contributed by atoms with Gasteiger partial charge in [-0.2, -0.15) is 4.31 Å². The molecule has 0 bridgehead atoms. The van der Waals surface area contributed by atoms with Crippen LogP contribution in [0.3, 0.4) is 0 Å². The third-order valence-electron chi connectivity index (χ3n) is 7.75. The molecule has 0 radical (unpaired) electrons. The largest absolute Gasteiger partial charge is 0.492 e. The zero-order valence-electron chi connectivity index (χ0n) is 23.8. The van der Waals surface area contributed by atoms with Crippen molar-refractivity contribution in [2.45, 2.75) is 62.5 Å². The predicted molar refractivity (Wildman–Crippen MR) is 152 cm³/mol.